The predicted octanol–water partition coefficient (Wildman–Crippen LogP) is 5.15. The fraction of sp³-hybridized carbons (Fsp3) is 0.333. The Labute approximate surface area is 124 Å². The van der Waals surface area contributed by atoms with E-state index in [1.807, 2.05) is 24.3 Å². The van der Waals surface area contributed by atoms with Gasteiger partial charge in [0.15, 0.2) is 17.4 Å². The van der Waals surface area contributed by atoms with E-state index in [-0.39, 0.29) is 5.75 Å². The zero-order valence-electron chi connectivity index (χ0n) is 12.8. The summed E-state index contributed by atoms with van der Waals surface area (Å²) in [6, 6.07) is 9.17. The van der Waals surface area contributed by atoms with Crippen molar-refractivity contribution in [1.29, 1.82) is 0 Å². The second-order valence-electron chi connectivity index (χ2n) is 5.68. The molecule has 0 unspecified atom stereocenters. The molecule has 2 aromatic carbocycles. The third kappa shape index (κ3) is 3.23. The van der Waals surface area contributed by atoms with Crippen molar-refractivity contribution in [2.45, 2.75) is 27.2 Å². The molecule has 112 valence electrons. The van der Waals surface area contributed by atoms with Crippen LogP contribution in [-0.2, 0) is 6.42 Å². The van der Waals surface area contributed by atoms with Crippen molar-refractivity contribution in [2.75, 3.05) is 7.11 Å². The van der Waals surface area contributed by atoms with Crippen LogP contribution in [0.25, 0.3) is 11.1 Å². The van der Waals surface area contributed by atoms with E-state index >= 15 is 0 Å². The van der Waals surface area contributed by atoms with E-state index in [0.717, 1.165) is 12.0 Å². The highest BCUT2D eigenvalue weighted by atomic mass is 19.1. The van der Waals surface area contributed by atoms with Gasteiger partial charge in [-0.15, -0.1) is 0 Å². The summed E-state index contributed by atoms with van der Waals surface area (Å²) in [4.78, 5) is 0. The monoisotopic (exact) mass is 290 g/mol. The van der Waals surface area contributed by atoms with E-state index in [0.29, 0.717) is 17.0 Å². The summed E-state index contributed by atoms with van der Waals surface area (Å²) in [7, 11) is 1.27. The molecular weight excluding hydrogens is 270 g/mol. The standard InChI is InChI=1S/C18H20F2O/c1-11(2)8-13-6-5-7-14(9-13)15-10-16(19)18(21-4)17(20)12(15)3/h5-7,9-11H,8H2,1-4H3. The van der Waals surface area contributed by atoms with Gasteiger partial charge in [0.05, 0.1) is 7.11 Å². The Bertz CT molecular complexity index is 648. The first kappa shape index (κ1) is 15.5. The quantitative estimate of drug-likeness (QED) is 0.757. The van der Waals surface area contributed by atoms with Gasteiger partial charge < -0.3 is 4.74 Å². The van der Waals surface area contributed by atoms with E-state index in [1.54, 1.807) is 6.92 Å². The summed E-state index contributed by atoms with van der Waals surface area (Å²) >= 11 is 0. The molecule has 0 aliphatic rings. The van der Waals surface area contributed by atoms with Gasteiger partial charge in [-0.1, -0.05) is 38.1 Å². The molecule has 0 radical (unpaired) electrons. The molecule has 21 heavy (non-hydrogen) atoms. The highest BCUT2D eigenvalue weighted by Gasteiger charge is 2.17. The summed E-state index contributed by atoms with van der Waals surface area (Å²) in [5.41, 5.74) is 2.95. The molecule has 0 bridgehead atoms. The van der Waals surface area contributed by atoms with Gasteiger partial charge in [0, 0.05) is 0 Å². The van der Waals surface area contributed by atoms with Crippen LogP contribution in [-0.4, -0.2) is 7.11 Å². The molecule has 2 aromatic rings. The molecule has 0 N–H and O–H groups in total. The van der Waals surface area contributed by atoms with E-state index in [9.17, 15) is 8.78 Å². The van der Waals surface area contributed by atoms with Crippen molar-refractivity contribution in [1.82, 2.24) is 0 Å². The van der Waals surface area contributed by atoms with Gasteiger partial charge in [-0.3, -0.25) is 0 Å². The molecule has 0 amide bonds. The minimum atomic E-state index is -0.676. The van der Waals surface area contributed by atoms with Crippen LogP contribution in [0.4, 0.5) is 8.78 Å². The van der Waals surface area contributed by atoms with Crippen molar-refractivity contribution in [2.24, 2.45) is 5.92 Å². The number of hydrogen-bond donors (Lipinski definition) is 0. The molecule has 0 saturated carbocycles. The molecule has 0 aliphatic carbocycles. The highest BCUT2D eigenvalue weighted by molar-refractivity contribution is 5.69. The number of benzene rings is 2. The van der Waals surface area contributed by atoms with E-state index < -0.39 is 11.6 Å². The zero-order chi connectivity index (χ0) is 15.6. The van der Waals surface area contributed by atoms with Gasteiger partial charge in [-0.05, 0) is 47.6 Å². The first-order chi connectivity index (χ1) is 9.93. The molecule has 0 aliphatic heterocycles. The number of methoxy groups -OCH3 is 1. The van der Waals surface area contributed by atoms with Crippen LogP contribution in [0.3, 0.4) is 0 Å². The normalized spacial score (nSPS) is 11.0. The lowest BCUT2D eigenvalue weighted by molar-refractivity contribution is 0.359. The topological polar surface area (TPSA) is 9.23 Å². The Hall–Kier alpha value is -1.90. The highest BCUT2D eigenvalue weighted by Crippen LogP contribution is 2.33. The van der Waals surface area contributed by atoms with Gasteiger partial charge >= 0.3 is 0 Å². The van der Waals surface area contributed by atoms with Crippen molar-refractivity contribution in [3.63, 3.8) is 0 Å². The summed E-state index contributed by atoms with van der Waals surface area (Å²) in [6.45, 7) is 5.93. The maximum atomic E-state index is 14.2. The third-order valence-electron chi connectivity index (χ3n) is 3.51. The predicted molar refractivity (Wildman–Crippen MR) is 81.6 cm³/mol. The molecule has 1 nitrogen and oxygen atoms in total. The van der Waals surface area contributed by atoms with Crippen LogP contribution in [0, 0.1) is 24.5 Å². The maximum Gasteiger partial charge on any atom is 0.190 e. The van der Waals surface area contributed by atoms with Gasteiger partial charge in [-0.2, -0.15) is 0 Å². The van der Waals surface area contributed by atoms with Crippen molar-refractivity contribution in [3.8, 4) is 16.9 Å². The van der Waals surface area contributed by atoms with Crippen molar-refractivity contribution >= 4 is 0 Å². The van der Waals surface area contributed by atoms with Gasteiger partial charge in [-0.25, -0.2) is 8.78 Å². The molecule has 0 atom stereocenters. The van der Waals surface area contributed by atoms with E-state index in [2.05, 4.69) is 13.8 Å². The second kappa shape index (κ2) is 6.25. The first-order valence-electron chi connectivity index (χ1n) is 7.06. The number of rotatable bonds is 4. The molecule has 0 fully saturated rings. The lowest BCUT2D eigenvalue weighted by atomic mass is 9.95. The Balaban J connectivity index is 2.52. The summed E-state index contributed by atoms with van der Waals surface area (Å²) in [6.07, 6.45) is 0.938. The number of halogens is 2. The third-order valence-corrected chi connectivity index (χ3v) is 3.51. The SMILES string of the molecule is COc1c(F)cc(-c2cccc(CC(C)C)c2)c(C)c1F. The molecule has 0 spiro atoms. The molecule has 0 aromatic heterocycles. The zero-order valence-corrected chi connectivity index (χ0v) is 12.8. The Morgan fingerprint density at radius 1 is 1.14 bits per heavy atom. The molecule has 0 heterocycles. The summed E-state index contributed by atoms with van der Waals surface area (Å²) in [5.74, 6) is -1.10. The van der Waals surface area contributed by atoms with Gasteiger partial charge in [0.25, 0.3) is 0 Å². The lowest BCUT2D eigenvalue weighted by Crippen LogP contribution is -1.99. The Morgan fingerprint density at radius 3 is 2.48 bits per heavy atom. The van der Waals surface area contributed by atoms with Crippen LogP contribution < -0.4 is 4.74 Å². The van der Waals surface area contributed by atoms with Crippen molar-refractivity contribution < 1.29 is 13.5 Å². The minimum absolute atomic E-state index is 0.324. The molecule has 2 rings (SSSR count). The Morgan fingerprint density at radius 2 is 1.86 bits per heavy atom. The van der Waals surface area contributed by atoms with Crippen LogP contribution in [0.1, 0.15) is 25.0 Å². The lowest BCUT2D eigenvalue weighted by Gasteiger charge is -2.13. The van der Waals surface area contributed by atoms with Gasteiger partial charge in [0.1, 0.15) is 0 Å². The molecule has 3 heteroatoms. The van der Waals surface area contributed by atoms with Crippen LogP contribution in [0.15, 0.2) is 30.3 Å². The van der Waals surface area contributed by atoms with E-state index in [1.165, 1.54) is 18.7 Å². The van der Waals surface area contributed by atoms with Crippen LogP contribution >= 0.6 is 0 Å². The Kier molecular flexibility index (Phi) is 4.61. The average Bonchev–Trinajstić information content (AvgIpc) is 2.43. The second-order valence-corrected chi connectivity index (χ2v) is 5.68. The maximum absolute atomic E-state index is 14.2. The molecule has 0 saturated heterocycles. The number of hydrogen-bond acceptors (Lipinski definition) is 1. The minimum Gasteiger partial charge on any atom is -0.491 e. The fourth-order valence-corrected chi connectivity index (χ4v) is 2.52. The van der Waals surface area contributed by atoms with Crippen LogP contribution in [0.2, 0.25) is 0 Å². The first-order valence-corrected chi connectivity index (χ1v) is 7.06. The average molecular weight is 290 g/mol. The fourth-order valence-electron chi connectivity index (χ4n) is 2.52. The molecular formula is C18H20F2O. The summed E-state index contributed by atoms with van der Waals surface area (Å²) < 4.78 is 32.9. The van der Waals surface area contributed by atoms with E-state index in [4.69, 9.17) is 4.74 Å². The largest absolute Gasteiger partial charge is 0.491 e. The smallest absolute Gasteiger partial charge is 0.190 e. The number of ether oxygens (including phenoxy) is 1. The summed E-state index contributed by atoms with van der Waals surface area (Å²) in [5, 5.41) is 0. The van der Waals surface area contributed by atoms with Crippen molar-refractivity contribution in [3.05, 3.63) is 53.1 Å². The van der Waals surface area contributed by atoms with Crippen LogP contribution in [0.5, 0.6) is 5.75 Å². The van der Waals surface area contributed by atoms with Gasteiger partial charge in [0.2, 0.25) is 0 Å².